The van der Waals surface area contributed by atoms with E-state index in [9.17, 15) is 5.11 Å². The van der Waals surface area contributed by atoms with Gasteiger partial charge in [-0.05, 0) is 12.5 Å². The lowest BCUT2D eigenvalue weighted by atomic mass is 10.0. The van der Waals surface area contributed by atoms with Crippen LogP contribution in [0.4, 0.5) is 0 Å². The summed E-state index contributed by atoms with van der Waals surface area (Å²) in [6.07, 6.45) is 0. The van der Waals surface area contributed by atoms with E-state index < -0.39 is 0 Å². The van der Waals surface area contributed by atoms with Gasteiger partial charge in [0.25, 0.3) is 0 Å². The number of aliphatic hydroxyl groups excluding tert-OH is 1. The van der Waals surface area contributed by atoms with Gasteiger partial charge >= 0.3 is 0 Å². The van der Waals surface area contributed by atoms with Gasteiger partial charge in [-0.3, -0.25) is 4.99 Å². The monoisotopic (exact) mass is 235 g/mol. The molecular formula is C13H17NOS. The number of thioether (sulfide) groups is 1. The number of benzene rings is 1. The van der Waals surface area contributed by atoms with E-state index in [-0.39, 0.29) is 12.5 Å². The standard InChI is InChI=1S/C13H17NOS/c1-11(2)14-10-16-9-13(8-15)12-6-4-3-5-7-12/h3-7,10,13,15H,1,8-9H2,2H3. The number of hydrogen-bond acceptors (Lipinski definition) is 3. The zero-order valence-electron chi connectivity index (χ0n) is 9.47. The molecule has 1 rings (SSSR count). The van der Waals surface area contributed by atoms with E-state index in [1.165, 1.54) is 5.56 Å². The third-order valence-corrected chi connectivity index (χ3v) is 2.99. The summed E-state index contributed by atoms with van der Waals surface area (Å²) in [6, 6.07) is 10.0. The van der Waals surface area contributed by atoms with E-state index in [4.69, 9.17) is 0 Å². The summed E-state index contributed by atoms with van der Waals surface area (Å²) in [7, 11) is 0. The predicted octanol–water partition coefficient (Wildman–Crippen LogP) is 3.06. The van der Waals surface area contributed by atoms with Crippen LogP contribution in [-0.4, -0.2) is 23.0 Å². The summed E-state index contributed by atoms with van der Waals surface area (Å²) >= 11 is 1.60. The van der Waals surface area contributed by atoms with Gasteiger partial charge < -0.3 is 5.11 Å². The highest BCUT2D eigenvalue weighted by Crippen LogP contribution is 2.19. The molecule has 0 aromatic heterocycles. The number of hydrogen-bond donors (Lipinski definition) is 1. The van der Waals surface area contributed by atoms with E-state index in [0.29, 0.717) is 0 Å². The van der Waals surface area contributed by atoms with Crippen molar-refractivity contribution >= 4 is 17.3 Å². The second-order valence-electron chi connectivity index (χ2n) is 3.59. The lowest BCUT2D eigenvalue weighted by Gasteiger charge is -2.12. The second-order valence-corrected chi connectivity index (χ2v) is 4.47. The van der Waals surface area contributed by atoms with Gasteiger partial charge in [-0.15, -0.1) is 11.8 Å². The van der Waals surface area contributed by atoms with Crippen LogP contribution in [0.2, 0.25) is 0 Å². The Morgan fingerprint density at radius 2 is 2.19 bits per heavy atom. The molecule has 0 saturated heterocycles. The van der Waals surface area contributed by atoms with E-state index in [1.807, 2.05) is 37.3 Å². The fraction of sp³-hybridized carbons (Fsp3) is 0.308. The smallest absolute Gasteiger partial charge is 0.0599 e. The SMILES string of the molecule is C=C(C)N=CSCC(CO)c1ccccc1. The molecule has 0 amide bonds. The molecule has 0 aliphatic heterocycles. The fourth-order valence-corrected chi connectivity index (χ4v) is 2.14. The van der Waals surface area contributed by atoms with Gasteiger partial charge in [-0.2, -0.15) is 0 Å². The lowest BCUT2D eigenvalue weighted by Crippen LogP contribution is -2.06. The molecule has 1 atom stereocenters. The molecule has 0 radical (unpaired) electrons. The van der Waals surface area contributed by atoms with Crippen LogP contribution in [0, 0.1) is 0 Å². The fourth-order valence-electron chi connectivity index (χ4n) is 1.27. The van der Waals surface area contributed by atoms with Crippen molar-refractivity contribution in [3.8, 4) is 0 Å². The van der Waals surface area contributed by atoms with Crippen molar-refractivity contribution in [3.05, 3.63) is 48.2 Å². The van der Waals surface area contributed by atoms with E-state index in [1.54, 1.807) is 17.3 Å². The summed E-state index contributed by atoms with van der Waals surface area (Å²) in [5.74, 6) is 1.000. The third-order valence-electron chi connectivity index (χ3n) is 2.14. The molecular weight excluding hydrogens is 218 g/mol. The summed E-state index contributed by atoms with van der Waals surface area (Å²) < 4.78 is 0. The third kappa shape index (κ3) is 4.64. The van der Waals surface area contributed by atoms with Gasteiger partial charge in [0.2, 0.25) is 0 Å². The first-order valence-electron chi connectivity index (χ1n) is 5.19. The number of allylic oxidation sites excluding steroid dienone is 1. The second kappa shape index (κ2) is 7.25. The van der Waals surface area contributed by atoms with Crippen LogP contribution in [0.5, 0.6) is 0 Å². The normalized spacial score (nSPS) is 12.9. The summed E-state index contributed by atoms with van der Waals surface area (Å²) in [5.41, 5.74) is 3.75. The average molecular weight is 235 g/mol. The van der Waals surface area contributed by atoms with Crippen molar-refractivity contribution < 1.29 is 5.11 Å². The van der Waals surface area contributed by atoms with Crippen molar-refractivity contribution in [1.29, 1.82) is 0 Å². The molecule has 86 valence electrons. The average Bonchev–Trinajstić information content (AvgIpc) is 2.30. The lowest BCUT2D eigenvalue weighted by molar-refractivity contribution is 0.275. The zero-order chi connectivity index (χ0) is 11.8. The molecule has 1 unspecified atom stereocenters. The number of nitrogens with zero attached hydrogens (tertiary/aromatic N) is 1. The molecule has 2 nitrogen and oxygen atoms in total. The molecule has 0 bridgehead atoms. The Kier molecular flexibility index (Phi) is 5.90. The molecule has 0 spiro atoms. The molecule has 0 aliphatic rings. The molecule has 1 N–H and O–H groups in total. The minimum atomic E-state index is 0.165. The van der Waals surface area contributed by atoms with Gasteiger partial charge in [-0.1, -0.05) is 36.9 Å². The van der Waals surface area contributed by atoms with Gasteiger partial charge in [0.05, 0.1) is 12.2 Å². The van der Waals surface area contributed by atoms with Crippen molar-refractivity contribution in [2.45, 2.75) is 12.8 Å². The molecule has 0 heterocycles. The van der Waals surface area contributed by atoms with Crippen LogP contribution in [0.15, 0.2) is 47.6 Å². The van der Waals surface area contributed by atoms with Crippen LogP contribution >= 0.6 is 11.8 Å². The van der Waals surface area contributed by atoms with Crippen LogP contribution in [0.3, 0.4) is 0 Å². The van der Waals surface area contributed by atoms with Crippen molar-refractivity contribution in [3.63, 3.8) is 0 Å². The van der Waals surface area contributed by atoms with Crippen molar-refractivity contribution in [2.75, 3.05) is 12.4 Å². The van der Waals surface area contributed by atoms with Gasteiger partial charge in [0, 0.05) is 17.4 Å². The first-order chi connectivity index (χ1) is 7.74. The van der Waals surface area contributed by atoms with Crippen molar-refractivity contribution in [1.82, 2.24) is 0 Å². The Morgan fingerprint density at radius 1 is 1.50 bits per heavy atom. The van der Waals surface area contributed by atoms with Crippen LogP contribution < -0.4 is 0 Å². The van der Waals surface area contributed by atoms with Crippen LogP contribution in [0.1, 0.15) is 18.4 Å². The Hall–Kier alpha value is -1.06. The molecule has 16 heavy (non-hydrogen) atoms. The molecule has 0 saturated carbocycles. The predicted molar refractivity (Wildman–Crippen MR) is 72.0 cm³/mol. The largest absolute Gasteiger partial charge is 0.396 e. The minimum absolute atomic E-state index is 0.165. The highest BCUT2D eigenvalue weighted by atomic mass is 32.2. The van der Waals surface area contributed by atoms with E-state index >= 15 is 0 Å². The maximum atomic E-state index is 9.31. The molecule has 3 heteroatoms. The Balaban J connectivity index is 2.47. The Morgan fingerprint density at radius 3 is 2.75 bits per heavy atom. The maximum Gasteiger partial charge on any atom is 0.0599 e. The highest BCUT2D eigenvalue weighted by Gasteiger charge is 2.08. The van der Waals surface area contributed by atoms with Gasteiger partial charge in [0.1, 0.15) is 0 Å². The van der Waals surface area contributed by atoms with Gasteiger partial charge in [-0.25, -0.2) is 0 Å². The van der Waals surface area contributed by atoms with Gasteiger partial charge in [0.15, 0.2) is 0 Å². The summed E-state index contributed by atoms with van der Waals surface area (Å²) in [5, 5.41) is 9.31. The first kappa shape index (κ1) is 13.0. The topological polar surface area (TPSA) is 32.6 Å². The Labute approximate surface area is 101 Å². The first-order valence-corrected chi connectivity index (χ1v) is 6.24. The summed E-state index contributed by atoms with van der Waals surface area (Å²) in [4.78, 5) is 4.09. The molecule has 0 aliphatic carbocycles. The number of rotatable bonds is 6. The van der Waals surface area contributed by atoms with E-state index in [0.717, 1.165) is 11.4 Å². The molecule has 1 aromatic rings. The van der Waals surface area contributed by atoms with E-state index in [2.05, 4.69) is 11.6 Å². The quantitative estimate of drug-likeness (QED) is 0.607. The zero-order valence-corrected chi connectivity index (χ0v) is 10.3. The van der Waals surface area contributed by atoms with Crippen LogP contribution in [-0.2, 0) is 0 Å². The number of aliphatic imine (C=N–C) groups is 1. The molecule has 1 aromatic carbocycles. The summed E-state index contributed by atoms with van der Waals surface area (Å²) in [6.45, 7) is 5.71. The Bertz CT molecular complexity index is 348. The molecule has 0 fully saturated rings. The van der Waals surface area contributed by atoms with Crippen LogP contribution in [0.25, 0.3) is 0 Å². The maximum absolute atomic E-state index is 9.31. The number of aliphatic hydroxyl groups is 1. The minimum Gasteiger partial charge on any atom is -0.396 e. The van der Waals surface area contributed by atoms with Crippen molar-refractivity contribution in [2.24, 2.45) is 4.99 Å². The highest BCUT2D eigenvalue weighted by molar-refractivity contribution is 8.12.